The number of hydrogen-bond acceptors (Lipinski definition) is 2. The molecule has 0 fully saturated rings. The standard InChI is InChI=1S/C20H21N3O2/c1-14-6-8-15(9-7-14)12-23-20(25)19(24)21-11-10-16-13-22-18-5-3-2-4-17(16)18/h2-9,13,22H,10-12H2,1H3,(H,21,24)(H,23,25). The molecule has 0 aliphatic heterocycles. The van der Waals surface area contributed by atoms with Crippen LogP contribution in [0, 0.1) is 6.92 Å². The first-order valence-electron chi connectivity index (χ1n) is 8.30. The molecular weight excluding hydrogens is 314 g/mol. The lowest BCUT2D eigenvalue weighted by molar-refractivity contribution is -0.139. The van der Waals surface area contributed by atoms with Gasteiger partial charge in [0.25, 0.3) is 0 Å². The van der Waals surface area contributed by atoms with Crippen molar-refractivity contribution in [3.63, 3.8) is 0 Å². The molecule has 0 aliphatic carbocycles. The lowest BCUT2D eigenvalue weighted by atomic mass is 10.1. The molecular formula is C20H21N3O2. The fourth-order valence-corrected chi connectivity index (χ4v) is 2.70. The van der Waals surface area contributed by atoms with Crippen molar-refractivity contribution < 1.29 is 9.59 Å². The maximum Gasteiger partial charge on any atom is 0.309 e. The molecule has 2 amide bonds. The van der Waals surface area contributed by atoms with Crippen LogP contribution >= 0.6 is 0 Å². The van der Waals surface area contributed by atoms with E-state index in [1.807, 2.05) is 61.7 Å². The Kier molecular flexibility index (Phi) is 5.14. The number of nitrogens with one attached hydrogen (secondary N) is 3. The smallest absolute Gasteiger partial charge is 0.309 e. The molecule has 128 valence electrons. The van der Waals surface area contributed by atoms with Crippen LogP contribution in [0.4, 0.5) is 0 Å². The van der Waals surface area contributed by atoms with E-state index in [0.29, 0.717) is 19.5 Å². The number of amides is 2. The Morgan fingerprint density at radius 3 is 2.48 bits per heavy atom. The zero-order valence-electron chi connectivity index (χ0n) is 14.1. The van der Waals surface area contributed by atoms with Crippen molar-refractivity contribution in [2.75, 3.05) is 6.54 Å². The zero-order chi connectivity index (χ0) is 17.6. The van der Waals surface area contributed by atoms with E-state index in [-0.39, 0.29) is 0 Å². The third-order valence-corrected chi connectivity index (χ3v) is 4.13. The number of hydrogen-bond donors (Lipinski definition) is 3. The summed E-state index contributed by atoms with van der Waals surface area (Å²) in [5.74, 6) is -1.22. The van der Waals surface area contributed by atoms with Crippen LogP contribution in [0.25, 0.3) is 10.9 Å². The number of carbonyl (C=O) groups is 2. The maximum atomic E-state index is 11.9. The summed E-state index contributed by atoms with van der Waals surface area (Å²) < 4.78 is 0. The minimum atomic E-state index is -0.612. The molecule has 0 atom stereocenters. The van der Waals surface area contributed by atoms with Crippen molar-refractivity contribution in [2.45, 2.75) is 19.9 Å². The topological polar surface area (TPSA) is 74.0 Å². The summed E-state index contributed by atoms with van der Waals surface area (Å²) in [6.07, 6.45) is 2.61. The van der Waals surface area contributed by atoms with Crippen LogP contribution in [0.15, 0.2) is 54.7 Å². The molecule has 1 aromatic heterocycles. The van der Waals surface area contributed by atoms with Crippen LogP contribution in [0.5, 0.6) is 0 Å². The fraction of sp³-hybridized carbons (Fsp3) is 0.200. The summed E-state index contributed by atoms with van der Waals surface area (Å²) in [6, 6.07) is 15.8. The molecule has 0 radical (unpaired) electrons. The Balaban J connectivity index is 1.45. The van der Waals surface area contributed by atoms with Gasteiger partial charge in [-0.15, -0.1) is 0 Å². The van der Waals surface area contributed by atoms with E-state index in [1.54, 1.807) is 0 Å². The lowest BCUT2D eigenvalue weighted by Crippen LogP contribution is -2.40. The van der Waals surface area contributed by atoms with Gasteiger partial charge >= 0.3 is 11.8 Å². The molecule has 2 aromatic carbocycles. The summed E-state index contributed by atoms with van der Waals surface area (Å²) in [4.78, 5) is 26.9. The number of aryl methyl sites for hydroxylation is 1. The molecule has 0 aliphatic rings. The second-order valence-corrected chi connectivity index (χ2v) is 6.03. The molecule has 25 heavy (non-hydrogen) atoms. The van der Waals surface area contributed by atoms with Gasteiger partial charge in [0.1, 0.15) is 0 Å². The molecule has 5 heteroatoms. The van der Waals surface area contributed by atoms with Gasteiger partial charge in [-0.3, -0.25) is 9.59 Å². The predicted octanol–water partition coefficient (Wildman–Crippen LogP) is 2.45. The second-order valence-electron chi connectivity index (χ2n) is 6.03. The monoisotopic (exact) mass is 335 g/mol. The van der Waals surface area contributed by atoms with Gasteiger partial charge in [-0.05, 0) is 30.5 Å². The van der Waals surface area contributed by atoms with Gasteiger partial charge in [-0.25, -0.2) is 0 Å². The van der Waals surface area contributed by atoms with Crippen LogP contribution in [0.3, 0.4) is 0 Å². The molecule has 1 heterocycles. The Labute approximate surface area is 146 Å². The highest BCUT2D eigenvalue weighted by Crippen LogP contribution is 2.17. The van der Waals surface area contributed by atoms with Crippen LogP contribution in [-0.4, -0.2) is 23.3 Å². The third-order valence-electron chi connectivity index (χ3n) is 4.13. The number of H-pyrrole nitrogens is 1. The molecule has 3 aromatic rings. The Morgan fingerprint density at radius 1 is 0.960 bits per heavy atom. The van der Waals surface area contributed by atoms with Crippen LogP contribution in [-0.2, 0) is 22.6 Å². The first-order valence-corrected chi connectivity index (χ1v) is 8.30. The number of aromatic nitrogens is 1. The predicted molar refractivity (Wildman–Crippen MR) is 98.0 cm³/mol. The van der Waals surface area contributed by atoms with E-state index in [0.717, 1.165) is 27.6 Å². The van der Waals surface area contributed by atoms with Gasteiger partial charge in [0.15, 0.2) is 0 Å². The minimum Gasteiger partial charge on any atom is -0.361 e. The summed E-state index contributed by atoms with van der Waals surface area (Å²) in [5.41, 5.74) is 4.31. The highest BCUT2D eigenvalue weighted by Gasteiger charge is 2.12. The molecule has 0 saturated carbocycles. The van der Waals surface area contributed by atoms with Crippen molar-refractivity contribution in [3.8, 4) is 0 Å². The largest absolute Gasteiger partial charge is 0.361 e. The number of rotatable bonds is 5. The van der Waals surface area contributed by atoms with Crippen molar-refractivity contribution in [2.24, 2.45) is 0 Å². The number of aromatic amines is 1. The van der Waals surface area contributed by atoms with Crippen LogP contribution in [0.2, 0.25) is 0 Å². The summed E-state index contributed by atoms with van der Waals surface area (Å²) in [5, 5.41) is 6.44. The normalized spacial score (nSPS) is 10.6. The lowest BCUT2D eigenvalue weighted by Gasteiger charge is -2.07. The second kappa shape index (κ2) is 7.66. The molecule has 3 N–H and O–H groups in total. The van der Waals surface area contributed by atoms with Crippen LogP contribution in [0.1, 0.15) is 16.7 Å². The number of benzene rings is 2. The van der Waals surface area contributed by atoms with E-state index in [4.69, 9.17) is 0 Å². The van der Waals surface area contributed by atoms with Crippen molar-refractivity contribution in [3.05, 3.63) is 71.4 Å². The maximum absolute atomic E-state index is 11.9. The van der Waals surface area contributed by atoms with E-state index < -0.39 is 11.8 Å². The van der Waals surface area contributed by atoms with E-state index in [1.165, 1.54) is 0 Å². The number of carbonyl (C=O) groups excluding carboxylic acids is 2. The fourth-order valence-electron chi connectivity index (χ4n) is 2.70. The van der Waals surface area contributed by atoms with Gasteiger partial charge in [-0.2, -0.15) is 0 Å². The van der Waals surface area contributed by atoms with Gasteiger partial charge < -0.3 is 15.6 Å². The van der Waals surface area contributed by atoms with Crippen molar-refractivity contribution in [1.82, 2.24) is 15.6 Å². The molecule has 0 saturated heterocycles. The molecule has 3 rings (SSSR count). The highest BCUT2D eigenvalue weighted by molar-refractivity contribution is 6.35. The molecule has 0 unspecified atom stereocenters. The Morgan fingerprint density at radius 2 is 1.68 bits per heavy atom. The first kappa shape index (κ1) is 16.8. The Hall–Kier alpha value is -3.08. The molecule has 0 spiro atoms. The number of fused-ring (bicyclic) bond motifs is 1. The average Bonchev–Trinajstić information content (AvgIpc) is 3.04. The summed E-state index contributed by atoms with van der Waals surface area (Å²) in [6.45, 7) is 2.76. The Bertz CT molecular complexity index is 881. The van der Waals surface area contributed by atoms with Gasteiger partial charge in [0.2, 0.25) is 0 Å². The van der Waals surface area contributed by atoms with Crippen molar-refractivity contribution in [1.29, 1.82) is 0 Å². The molecule has 5 nitrogen and oxygen atoms in total. The van der Waals surface area contributed by atoms with Gasteiger partial charge in [0.05, 0.1) is 0 Å². The van der Waals surface area contributed by atoms with Crippen molar-refractivity contribution >= 4 is 22.7 Å². The minimum absolute atomic E-state index is 0.342. The third kappa shape index (κ3) is 4.26. The van der Waals surface area contributed by atoms with E-state index >= 15 is 0 Å². The summed E-state index contributed by atoms with van der Waals surface area (Å²) >= 11 is 0. The quantitative estimate of drug-likeness (QED) is 0.627. The summed E-state index contributed by atoms with van der Waals surface area (Å²) in [7, 11) is 0. The number of para-hydroxylation sites is 1. The average molecular weight is 335 g/mol. The van der Waals surface area contributed by atoms with E-state index in [2.05, 4.69) is 15.6 Å². The van der Waals surface area contributed by atoms with Gasteiger partial charge in [0, 0.05) is 30.2 Å². The SMILES string of the molecule is Cc1ccc(CNC(=O)C(=O)NCCc2c[nH]c3ccccc23)cc1. The zero-order valence-corrected chi connectivity index (χ0v) is 14.1. The van der Waals surface area contributed by atoms with Crippen LogP contribution < -0.4 is 10.6 Å². The van der Waals surface area contributed by atoms with E-state index in [9.17, 15) is 9.59 Å². The van der Waals surface area contributed by atoms with Gasteiger partial charge in [-0.1, -0.05) is 48.0 Å². The highest BCUT2D eigenvalue weighted by atomic mass is 16.2. The molecule has 0 bridgehead atoms. The first-order chi connectivity index (χ1) is 12.1.